The van der Waals surface area contributed by atoms with Crippen molar-refractivity contribution >= 4 is 32.1 Å². The number of hydrogen-bond acceptors (Lipinski definition) is 8. The summed E-state index contributed by atoms with van der Waals surface area (Å²) in [6.45, 7) is 7.69. The Morgan fingerprint density at radius 2 is 1.71 bits per heavy atom. The van der Waals surface area contributed by atoms with E-state index in [0.29, 0.717) is 27.9 Å². The molecule has 0 atom stereocenters. The van der Waals surface area contributed by atoms with Crippen LogP contribution in [0.4, 0.5) is 15.9 Å². The SMILES string of the molecule is Cc1c(-c2cc(Nc3ccc(S(C)(=O)=O)cn3)c(=O)n(C)n2)cccc1-n1ncc2cc(C(C)(C)C)cc(F)c2c1=O. The van der Waals surface area contributed by atoms with Gasteiger partial charge in [0.05, 0.1) is 27.9 Å². The van der Waals surface area contributed by atoms with Gasteiger partial charge in [-0.3, -0.25) is 9.59 Å². The van der Waals surface area contributed by atoms with Crippen molar-refractivity contribution in [3.63, 3.8) is 0 Å². The molecule has 0 saturated carbocycles. The summed E-state index contributed by atoms with van der Waals surface area (Å²) in [6.07, 6.45) is 3.77. The molecular formula is C30H29FN6O4S. The van der Waals surface area contributed by atoms with Crippen LogP contribution in [-0.4, -0.2) is 39.2 Å². The molecule has 0 aliphatic rings. The Morgan fingerprint density at radius 3 is 2.36 bits per heavy atom. The standard InChI is InChI=1S/C30H29FN6O4S/c1-17-21(23-14-24(28(38)36(5)35-23)34-26-11-10-20(16-32-26)42(6,40)41)8-7-9-25(17)37-29(39)27-18(15-33-37)12-19(13-22(27)31)30(2,3)4/h7-16H,1-6H3,(H,32,34). The quantitative estimate of drug-likeness (QED) is 0.319. The van der Waals surface area contributed by atoms with Crippen LogP contribution in [0.3, 0.4) is 0 Å². The molecule has 0 spiro atoms. The molecule has 1 N–H and O–H groups in total. The van der Waals surface area contributed by atoms with Crippen molar-refractivity contribution in [3.8, 4) is 16.9 Å². The van der Waals surface area contributed by atoms with Gasteiger partial charge in [0.25, 0.3) is 11.1 Å². The average molecular weight is 589 g/mol. The van der Waals surface area contributed by atoms with Crippen LogP contribution in [0.25, 0.3) is 27.7 Å². The Labute approximate surface area is 241 Å². The summed E-state index contributed by atoms with van der Waals surface area (Å²) in [7, 11) is -1.92. The second kappa shape index (κ2) is 10.3. The number of benzene rings is 2. The maximum atomic E-state index is 15.2. The van der Waals surface area contributed by atoms with Crippen LogP contribution in [0.2, 0.25) is 0 Å². The van der Waals surface area contributed by atoms with Crippen LogP contribution in [0.15, 0.2) is 75.4 Å². The Morgan fingerprint density at radius 1 is 0.976 bits per heavy atom. The summed E-state index contributed by atoms with van der Waals surface area (Å²) >= 11 is 0. The third-order valence-electron chi connectivity index (χ3n) is 7.00. The van der Waals surface area contributed by atoms with Crippen molar-refractivity contribution in [2.75, 3.05) is 11.6 Å². The molecule has 0 aliphatic heterocycles. The Balaban J connectivity index is 1.58. The van der Waals surface area contributed by atoms with Gasteiger partial charge in [0.2, 0.25) is 0 Å². The zero-order valence-corrected chi connectivity index (χ0v) is 24.7. The molecule has 10 nitrogen and oxygen atoms in total. The molecule has 0 saturated heterocycles. The number of fused-ring (bicyclic) bond motifs is 1. The minimum absolute atomic E-state index is 0.0517. The summed E-state index contributed by atoms with van der Waals surface area (Å²) in [5.41, 5.74) is 1.68. The van der Waals surface area contributed by atoms with Crippen LogP contribution in [0, 0.1) is 12.7 Å². The van der Waals surface area contributed by atoms with Crippen LogP contribution in [-0.2, 0) is 22.3 Å². The van der Waals surface area contributed by atoms with Gasteiger partial charge in [-0.25, -0.2) is 22.5 Å². The summed E-state index contributed by atoms with van der Waals surface area (Å²) in [4.78, 5) is 30.5. The van der Waals surface area contributed by atoms with E-state index in [1.54, 1.807) is 37.3 Å². The summed E-state index contributed by atoms with van der Waals surface area (Å²) in [6, 6.07) is 12.8. The highest BCUT2D eigenvalue weighted by Crippen LogP contribution is 2.29. The predicted octanol–water partition coefficient (Wildman–Crippen LogP) is 4.43. The van der Waals surface area contributed by atoms with Crippen LogP contribution < -0.4 is 16.4 Å². The molecule has 0 fully saturated rings. The smallest absolute Gasteiger partial charge is 0.290 e. The van der Waals surface area contributed by atoms with Gasteiger partial charge in [-0.15, -0.1) is 0 Å². The normalized spacial score (nSPS) is 12.1. The highest BCUT2D eigenvalue weighted by Gasteiger charge is 2.20. The fraction of sp³-hybridized carbons (Fsp3) is 0.233. The molecule has 216 valence electrons. The molecule has 0 aliphatic carbocycles. The van der Waals surface area contributed by atoms with Gasteiger partial charge in [-0.1, -0.05) is 32.9 Å². The van der Waals surface area contributed by atoms with Gasteiger partial charge in [0.15, 0.2) is 9.84 Å². The van der Waals surface area contributed by atoms with E-state index >= 15 is 4.39 Å². The van der Waals surface area contributed by atoms with Crippen LogP contribution in [0.1, 0.15) is 31.9 Å². The van der Waals surface area contributed by atoms with E-state index in [1.807, 2.05) is 20.8 Å². The average Bonchev–Trinajstić information content (AvgIpc) is 2.91. The molecule has 3 aromatic heterocycles. The molecule has 5 rings (SSSR count). The van der Waals surface area contributed by atoms with E-state index in [9.17, 15) is 18.0 Å². The number of sulfone groups is 1. The van der Waals surface area contributed by atoms with Crippen molar-refractivity contribution < 1.29 is 12.8 Å². The van der Waals surface area contributed by atoms with E-state index in [4.69, 9.17) is 0 Å². The summed E-state index contributed by atoms with van der Waals surface area (Å²) in [5.74, 6) is -0.341. The predicted molar refractivity (Wildman–Crippen MR) is 160 cm³/mol. The van der Waals surface area contributed by atoms with Crippen molar-refractivity contribution in [1.29, 1.82) is 0 Å². The molecule has 12 heteroatoms. The van der Waals surface area contributed by atoms with Gasteiger partial charge in [-0.05, 0) is 59.9 Å². The molecule has 42 heavy (non-hydrogen) atoms. The second-order valence-electron chi connectivity index (χ2n) is 11.1. The number of anilines is 2. The zero-order valence-electron chi connectivity index (χ0n) is 23.9. The van der Waals surface area contributed by atoms with Gasteiger partial charge in [0, 0.05) is 30.4 Å². The molecule has 5 aromatic rings. The number of rotatable bonds is 5. The summed E-state index contributed by atoms with van der Waals surface area (Å²) < 4.78 is 41.1. The van der Waals surface area contributed by atoms with E-state index in [2.05, 4.69) is 20.5 Å². The number of aryl methyl sites for hydroxylation is 1. The van der Waals surface area contributed by atoms with Gasteiger partial charge >= 0.3 is 0 Å². The zero-order chi connectivity index (χ0) is 30.6. The monoisotopic (exact) mass is 588 g/mol. The maximum absolute atomic E-state index is 15.2. The number of nitrogens with one attached hydrogen (secondary N) is 1. The first kappa shape index (κ1) is 28.8. The third kappa shape index (κ3) is 5.32. The van der Waals surface area contributed by atoms with Crippen molar-refractivity contribution in [1.82, 2.24) is 24.5 Å². The first-order chi connectivity index (χ1) is 19.6. The molecule has 0 unspecified atom stereocenters. The lowest BCUT2D eigenvalue weighted by atomic mass is 9.86. The molecule has 0 bridgehead atoms. The minimum Gasteiger partial charge on any atom is -0.336 e. The topological polar surface area (TPSA) is 129 Å². The van der Waals surface area contributed by atoms with E-state index in [1.165, 1.54) is 37.6 Å². The fourth-order valence-electron chi connectivity index (χ4n) is 4.61. The van der Waals surface area contributed by atoms with Gasteiger partial charge < -0.3 is 5.32 Å². The highest BCUT2D eigenvalue weighted by atomic mass is 32.2. The molecular weight excluding hydrogens is 559 g/mol. The third-order valence-corrected chi connectivity index (χ3v) is 8.10. The Hall–Kier alpha value is -4.71. The Kier molecular flexibility index (Phi) is 7.05. The van der Waals surface area contributed by atoms with E-state index in [0.717, 1.165) is 21.2 Å². The van der Waals surface area contributed by atoms with Gasteiger partial charge in [0.1, 0.15) is 17.3 Å². The second-order valence-corrected chi connectivity index (χ2v) is 13.1. The van der Waals surface area contributed by atoms with E-state index < -0.39 is 26.8 Å². The van der Waals surface area contributed by atoms with Crippen molar-refractivity contribution in [2.45, 2.75) is 38.0 Å². The van der Waals surface area contributed by atoms with Crippen molar-refractivity contribution in [2.24, 2.45) is 7.05 Å². The number of nitrogens with zero attached hydrogens (tertiary/aromatic N) is 5. The lowest BCUT2D eigenvalue weighted by Crippen LogP contribution is -2.24. The fourth-order valence-corrected chi connectivity index (χ4v) is 5.17. The number of aromatic nitrogens is 5. The lowest BCUT2D eigenvalue weighted by molar-refractivity contribution is 0.576. The van der Waals surface area contributed by atoms with Crippen LogP contribution in [0.5, 0.6) is 0 Å². The van der Waals surface area contributed by atoms with E-state index in [-0.39, 0.29) is 27.2 Å². The highest BCUT2D eigenvalue weighted by molar-refractivity contribution is 7.90. The summed E-state index contributed by atoms with van der Waals surface area (Å²) in [5, 5.41) is 12.1. The van der Waals surface area contributed by atoms with Crippen molar-refractivity contribution in [3.05, 3.63) is 98.6 Å². The molecule has 0 radical (unpaired) electrons. The molecule has 0 amide bonds. The maximum Gasteiger partial charge on any atom is 0.290 e. The largest absolute Gasteiger partial charge is 0.336 e. The molecule has 2 aromatic carbocycles. The first-order valence-electron chi connectivity index (χ1n) is 13.0. The first-order valence-corrected chi connectivity index (χ1v) is 14.9. The lowest BCUT2D eigenvalue weighted by Gasteiger charge is -2.20. The Bertz CT molecular complexity index is 2100. The molecule has 3 heterocycles. The minimum atomic E-state index is -3.42. The van der Waals surface area contributed by atoms with Crippen LogP contribution >= 0.6 is 0 Å². The number of pyridine rings is 1. The van der Waals surface area contributed by atoms with Gasteiger partial charge in [-0.2, -0.15) is 14.9 Å². The number of hydrogen-bond donors (Lipinski definition) is 1. The number of halogens is 1.